The van der Waals surface area contributed by atoms with E-state index in [0.29, 0.717) is 44.1 Å². The Morgan fingerprint density at radius 1 is 1.10 bits per heavy atom. The number of methoxy groups -OCH3 is 1. The number of hydrogen-bond donors (Lipinski definition) is 1. The summed E-state index contributed by atoms with van der Waals surface area (Å²) in [6, 6.07) is 11.7. The number of carbonyl (C=O) groups is 1. The smallest absolute Gasteiger partial charge is 0.337 e. The minimum atomic E-state index is -0.500. The molecule has 8 nitrogen and oxygen atoms in total. The van der Waals surface area contributed by atoms with Crippen LogP contribution >= 0.6 is 11.8 Å². The molecule has 29 heavy (non-hydrogen) atoms. The lowest BCUT2D eigenvalue weighted by Gasteiger charge is -2.09. The van der Waals surface area contributed by atoms with E-state index in [1.807, 2.05) is 6.07 Å². The summed E-state index contributed by atoms with van der Waals surface area (Å²) in [5.41, 5.74) is 0.881. The number of thioether (sulfide) groups is 1. The summed E-state index contributed by atoms with van der Waals surface area (Å²) >= 11 is 1.29. The van der Waals surface area contributed by atoms with Gasteiger partial charge in [-0.15, -0.1) is 0 Å². The molecule has 0 saturated heterocycles. The van der Waals surface area contributed by atoms with Crippen LogP contribution in [0.3, 0.4) is 0 Å². The maximum atomic E-state index is 12.5. The highest BCUT2D eigenvalue weighted by atomic mass is 32.2. The predicted molar refractivity (Wildman–Crippen MR) is 110 cm³/mol. The molecule has 0 saturated carbocycles. The third-order valence-corrected chi connectivity index (χ3v) is 5.50. The van der Waals surface area contributed by atoms with E-state index >= 15 is 0 Å². The fourth-order valence-corrected chi connectivity index (χ4v) is 3.80. The molecular weight excluding hydrogens is 392 g/mol. The quantitative estimate of drug-likeness (QED) is 0.313. The first-order valence-electron chi connectivity index (χ1n) is 8.68. The normalized spacial score (nSPS) is 11.1. The zero-order valence-electron chi connectivity index (χ0n) is 15.6. The Hall–Kier alpha value is -3.46. The molecule has 0 bridgehead atoms. The highest BCUT2D eigenvalue weighted by molar-refractivity contribution is 7.98. The summed E-state index contributed by atoms with van der Waals surface area (Å²) in [6.07, 6.45) is 0. The first-order chi connectivity index (χ1) is 14.0. The summed E-state index contributed by atoms with van der Waals surface area (Å²) in [4.78, 5) is 48.3. The molecule has 0 aliphatic heterocycles. The second kappa shape index (κ2) is 7.51. The largest absolute Gasteiger partial charge is 0.465 e. The average molecular weight is 408 g/mol. The van der Waals surface area contributed by atoms with Crippen LogP contribution in [0.1, 0.15) is 16.2 Å². The first kappa shape index (κ1) is 18.9. The molecule has 4 rings (SSSR count). The third-order valence-electron chi connectivity index (χ3n) is 4.46. The zero-order valence-corrected chi connectivity index (χ0v) is 16.4. The molecule has 2 heterocycles. The number of ether oxygens (including phenoxy) is 1. The molecule has 0 aliphatic rings. The van der Waals surface area contributed by atoms with Gasteiger partial charge in [0.05, 0.1) is 40.2 Å². The Morgan fingerprint density at radius 2 is 1.90 bits per heavy atom. The Kier molecular flexibility index (Phi) is 4.89. The van der Waals surface area contributed by atoms with Crippen LogP contribution in [0.25, 0.3) is 21.8 Å². The van der Waals surface area contributed by atoms with Crippen molar-refractivity contribution in [2.45, 2.75) is 10.9 Å². The number of benzene rings is 2. The minimum Gasteiger partial charge on any atom is -0.465 e. The molecule has 4 aromatic rings. The third kappa shape index (κ3) is 3.52. The van der Waals surface area contributed by atoms with Crippen molar-refractivity contribution in [2.75, 3.05) is 7.11 Å². The second-order valence-electron chi connectivity index (χ2n) is 6.30. The van der Waals surface area contributed by atoms with Gasteiger partial charge in [0.15, 0.2) is 5.16 Å². The van der Waals surface area contributed by atoms with E-state index < -0.39 is 5.97 Å². The van der Waals surface area contributed by atoms with Gasteiger partial charge < -0.3 is 9.72 Å². The molecule has 1 N–H and O–H groups in total. The second-order valence-corrected chi connectivity index (χ2v) is 7.24. The lowest BCUT2D eigenvalue weighted by molar-refractivity contribution is 0.0601. The highest BCUT2D eigenvalue weighted by Gasteiger charge is 2.12. The number of carbonyl (C=O) groups excluding carboxylic acids is 1. The van der Waals surface area contributed by atoms with E-state index in [-0.39, 0.29) is 11.1 Å². The lowest BCUT2D eigenvalue weighted by atomic mass is 10.1. The van der Waals surface area contributed by atoms with Gasteiger partial charge in [0.2, 0.25) is 0 Å². The van der Waals surface area contributed by atoms with Crippen molar-refractivity contribution >= 4 is 39.5 Å². The van der Waals surface area contributed by atoms with Gasteiger partial charge in [0, 0.05) is 7.05 Å². The standard InChI is InChI=1S/C20H16N4O4S/c1-24-18(26)13-5-3-4-6-14(13)22-20(24)29-10-16-21-15-9-11(19(27)28-2)7-8-12(15)17(25)23-16/h3-9H,10H2,1-2H3,(H,21,23,25). The summed E-state index contributed by atoms with van der Waals surface area (Å²) in [6.45, 7) is 0. The van der Waals surface area contributed by atoms with Gasteiger partial charge in [-0.05, 0) is 30.3 Å². The van der Waals surface area contributed by atoms with Crippen LogP contribution in [0.4, 0.5) is 0 Å². The molecule has 0 spiro atoms. The van der Waals surface area contributed by atoms with Gasteiger partial charge in [-0.25, -0.2) is 14.8 Å². The number of aromatic nitrogens is 4. The number of para-hydroxylation sites is 1. The summed E-state index contributed by atoms with van der Waals surface area (Å²) in [7, 11) is 2.95. The van der Waals surface area contributed by atoms with E-state index in [1.54, 1.807) is 31.3 Å². The monoisotopic (exact) mass is 408 g/mol. The van der Waals surface area contributed by atoms with E-state index in [0.717, 1.165) is 0 Å². The van der Waals surface area contributed by atoms with Crippen molar-refractivity contribution in [1.82, 2.24) is 19.5 Å². The summed E-state index contributed by atoms with van der Waals surface area (Å²) < 4.78 is 6.19. The Labute approximate surface area is 168 Å². The van der Waals surface area contributed by atoms with Crippen LogP contribution in [-0.2, 0) is 17.5 Å². The molecule has 0 atom stereocenters. The zero-order chi connectivity index (χ0) is 20.5. The molecule has 0 aliphatic carbocycles. The van der Waals surface area contributed by atoms with Crippen LogP contribution in [0.5, 0.6) is 0 Å². The molecule has 146 valence electrons. The number of aromatic amines is 1. The van der Waals surface area contributed by atoms with E-state index in [2.05, 4.69) is 15.0 Å². The summed E-state index contributed by atoms with van der Waals surface area (Å²) in [5, 5.41) is 1.44. The van der Waals surface area contributed by atoms with Crippen molar-refractivity contribution in [1.29, 1.82) is 0 Å². The summed E-state index contributed by atoms with van der Waals surface area (Å²) in [5.74, 6) is 0.212. The fourth-order valence-electron chi connectivity index (χ4n) is 2.96. The number of nitrogens with zero attached hydrogens (tertiary/aromatic N) is 3. The van der Waals surface area contributed by atoms with Gasteiger partial charge in [0.25, 0.3) is 11.1 Å². The number of esters is 1. The van der Waals surface area contributed by atoms with Crippen molar-refractivity contribution in [2.24, 2.45) is 7.05 Å². The Bertz CT molecular complexity index is 1380. The molecule has 2 aromatic heterocycles. The Morgan fingerprint density at radius 3 is 2.69 bits per heavy atom. The van der Waals surface area contributed by atoms with E-state index in [1.165, 1.54) is 35.6 Å². The highest BCUT2D eigenvalue weighted by Crippen LogP contribution is 2.20. The van der Waals surface area contributed by atoms with Crippen LogP contribution in [0.15, 0.2) is 57.2 Å². The van der Waals surface area contributed by atoms with Gasteiger partial charge in [-0.2, -0.15) is 0 Å². The van der Waals surface area contributed by atoms with Gasteiger partial charge in [-0.1, -0.05) is 23.9 Å². The van der Waals surface area contributed by atoms with Crippen LogP contribution in [-0.4, -0.2) is 32.6 Å². The number of hydrogen-bond acceptors (Lipinski definition) is 7. The predicted octanol–water partition coefficient (Wildman–Crippen LogP) is 2.25. The molecule has 0 radical (unpaired) electrons. The SMILES string of the molecule is COC(=O)c1ccc2c(=O)[nH]c(CSc3nc4ccccc4c(=O)n3C)nc2c1. The molecular formula is C20H16N4O4S. The number of nitrogens with one attached hydrogen (secondary N) is 1. The van der Waals surface area contributed by atoms with Crippen molar-refractivity contribution < 1.29 is 9.53 Å². The molecule has 0 unspecified atom stereocenters. The van der Waals surface area contributed by atoms with Crippen molar-refractivity contribution in [3.63, 3.8) is 0 Å². The van der Waals surface area contributed by atoms with Gasteiger partial charge in [-0.3, -0.25) is 14.2 Å². The number of fused-ring (bicyclic) bond motifs is 2. The molecule has 2 aromatic carbocycles. The lowest BCUT2D eigenvalue weighted by Crippen LogP contribution is -2.20. The van der Waals surface area contributed by atoms with Crippen LogP contribution in [0, 0.1) is 0 Å². The first-order valence-corrected chi connectivity index (χ1v) is 9.66. The van der Waals surface area contributed by atoms with Gasteiger partial charge in [0.1, 0.15) is 5.82 Å². The minimum absolute atomic E-state index is 0.138. The van der Waals surface area contributed by atoms with Crippen LogP contribution in [0.2, 0.25) is 0 Å². The molecule has 0 fully saturated rings. The maximum absolute atomic E-state index is 12.5. The number of rotatable bonds is 4. The van der Waals surface area contributed by atoms with Crippen molar-refractivity contribution in [3.8, 4) is 0 Å². The average Bonchev–Trinajstić information content (AvgIpc) is 2.74. The Balaban J connectivity index is 1.69. The fraction of sp³-hybridized carbons (Fsp3) is 0.150. The van der Waals surface area contributed by atoms with E-state index in [4.69, 9.17) is 4.74 Å². The topological polar surface area (TPSA) is 107 Å². The maximum Gasteiger partial charge on any atom is 0.337 e. The van der Waals surface area contributed by atoms with Crippen LogP contribution < -0.4 is 11.1 Å². The molecule has 0 amide bonds. The van der Waals surface area contributed by atoms with Gasteiger partial charge >= 0.3 is 5.97 Å². The van der Waals surface area contributed by atoms with E-state index in [9.17, 15) is 14.4 Å². The molecule has 9 heteroatoms. The van der Waals surface area contributed by atoms with Crippen molar-refractivity contribution in [3.05, 3.63) is 74.6 Å². The number of H-pyrrole nitrogens is 1.